The van der Waals surface area contributed by atoms with Gasteiger partial charge in [-0.25, -0.2) is 4.79 Å². The first kappa shape index (κ1) is 18.8. The molecule has 24 heavy (non-hydrogen) atoms. The molecule has 0 saturated carbocycles. The van der Waals surface area contributed by atoms with E-state index in [9.17, 15) is 9.59 Å². The van der Waals surface area contributed by atoms with E-state index in [0.29, 0.717) is 33.3 Å². The number of ether oxygens (including phenoxy) is 2. The normalized spacial score (nSPS) is 10.9. The zero-order chi connectivity index (χ0) is 17.9. The van der Waals surface area contributed by atoms with E-state index in [-0.39, 0.29) is 22.4 Å². The van der Waals surface area contributed by atoms with Crippen LogP contribution in [0, 0.1) is 5.92 Å². The highest BCUT2D eigenvalue weighted by molar-refractivity contribution is 7.22. The number of hydrogen-bond donors (Lipinski definition) is 1. The number of methoxy groups -OCH3 is 1. The molecule has 1 N–H and O–H groups in total. The van der Waals surface area contributed by atoms with E-state index in [1.54, 1.807) is 12.1 Å². The summed E-state index contributed by atoms with van der Waals surface area (Å²) < 4.78 is 10.8. The molecule has 0 aliphatic carbocycles. The fourth-order valence-electron chi connectivity index (χ4n) is 1.93. The molecular formula is C16H17Cl2NO4S. The molecule has 130 valence electrons. The Morgan fingerprint density at radius 3 is 2.58 bits per heavy atom. The van der Waals surface area contributed by atoms with E-state index in [2.05, 4.69) is 5.32 Å². The van der Waals surface area contributed by atoms with Crippen LogP contribution in [0.4, 0.5) is 0 Å². The summed E-state index contributed by atoms with van der Waals surface area (Å²) in [6.45, 7) is 4.12. The Morgan fingerprint density at radius 2 is 1.96 bits per heavy atom. The van der Waals surface area contributed by atoms with Crippen molar-refractivity contribution in [2.24, 2.45) is 5.92 Å². The van der Waals surface area contributed by atoms with Gasteiger partial charge in [-0.1, -0.05) is 37.0 Å². The van der Waals surface area contributed by atoms with Crippen LogP contribution in [0.1, 0.15) is 23.5 Å². The first-order valence-electron chi connectivity index (χ1n) is 7.23. The predicted octanol–water partition coefficient (Wildman–Crippen LogP) is 4.15. The fourth-order valence-corrected chi connectivity index (χ4v) is 3.71. The first-order valence-corrected chi connectivity index (χ1v) is 8.80. The largest absolute Gasteiger partial charge is 0.495 e. The maximum Gasteiger partial charge on any atom is 0.350 e. The third kappa shape index (κ3) is 4.12. The standard InChI is InChI=1S/C16H17Cl2NO4S/c1-8(2)6-19-11(20)7-23-16(21)15-12(17)9-4-5-10(22-3)13(18)14(9)24-15/h4-5,8H,6-7H2,1-3H3,(H,19,20). The van der Waals surface area contributed by atoms with Gasteiger partial charge >= 0.3 is 5.97 Å². The molecule has 2 aromatic rings. The molecule has 0 aliphatic heterocycles. The van der Waals surface area contributed by atoms with Crippen LogP contribution in [0.3, 0.4) is 0 Å². The molecule has 1 amide bonds. The minimum Gasteiger partial charge on any atom is -0.495 e. The summed E-state index contributed by atoms with van der Waals surface area (Å²) >= 11 is 13.6. The van der Waals surface area contributed by atoms with Crippen molar-refractivity contribution >= 4 is 56.5 Å². The second-order valence-electron chi connectivity index (χ2n) is 5.48. The van der Waals surface area contributed by atoms with E-state index in [4.69, 9.17) is 32.7 Å². The highest BCUT2D eigenvalue weighted by Crippen LogP contribution is 2.43. The Balaban J connectivity index is 2.14. The van der Waals surface area contributed by atoms with Crippen LogP contribution >= 0.6 is 34.5 Å². The van der Waals surface area contributed by atoms with E-state index < -0.39 is 5.97 Å². The van der Waals surface area contributed by atoms with Crippen LogP contribution in [0.2, 0.25) is 10.0 Å². The summed E-state index contributed by atoms with van der Waals surface area (Å²) in [6, 6.07) is 3.41. The van der Waals surface area contributed by atoms with Gasteiger partial charge < -0.3 is 14.8 Å². The first-order chi connectivity index (χ1) is 11.3. The maximum absolute atomic E-state index is 12.2. The number of hydrogen-bond acceptors (Lipinski definition) is 5. The van der Waals surface area contributed by atoms with Crippen molar-refractivity contribution in [2.45, 2.75) is 13.8 Å². The summed E-state index contributed by atoms with van der Waals surface area (Å²) in [7, 11) is 1.51. The minimum absolute atomic E-state index is 0.207. The lowest BCUT2D eigenvalue weighted by atomic mass is 10.2. The smallest absolute Gasteiger partial charge is 0.350 e. The Kier molecular flexibility index (Phi) is 6.32. The third-order valence-corrected chi connectivity index (χ3v) is 5.34. The number of benzene rings is 1. The molecule has 0 saturated heterocycles. The molecule has 0 radical (unpaired) electrons. The molecule has 0 unspecified atom stereocenters. The summed E-state index contributed by atoms with van der Waals surface area (Å²) in [6.07, 6.45) is 0. The molecule has 1 aromatic carbocycles. The lowest BCUT2D eigenvalue weighted by Crippen LogP contribution is -2.31. The van der Waals surface area contributed by atoms with Crippen molar-refractivity contribution in [3.8, 4) is 5.75 Å². The number of fused-ring (bicyclic) bond motifs is 1. The van der Waals surface area contributed by atoms with Gasteiger partial charge in [0.25, 0.3) is 5.91 Å². The molecule has 0 spiro atoms. The maximum atomic E-state index is 12.2. The SMILES string of the molecule is COc1ccc2c(Cl)c(C(=O)OCC(=O)NCC(C)C)sc2c1Cl. The van der Waals surface area contributed by atoms with Gasteiger partial charge in [0.2, 0.25) is 0 Å². The van der Waals surface area contributed by atoms with Gasteiger partial charge in [0.15, 0.2) is 6.61 Å². The second kappa shape index (κ2) is 8.05. The molecule has 1 heterocycles. The van der Waals surface area contributed by atoms with Crippen molar-refractivity contribution in [3.05, 3.63) is 27.1 Å². The molecule has 0 fully saturated rings. The number of halogens is 2. The van der Waals surface area contributed by atoms with Gasteiger partial charge in [-0.3, -0.25) is 4.79 Å². The highest BCUT2D eigenvalue weighted by Gasteiger charge is 2.22. The van der Waals surface area contributed by atoms with Crippen LogP contribution in [-0.2, 0) is 9.53 Å². The summed E-state index contributed by atoms with van der Waals surface area (Å²) in [5.74, 6) is -0.196. The zero-order valence-corrected chi connectivity index (χ0v) is 15.8. The van der Waals surface area contributed by atoms with Gasteiger partial charge in [-0.05, 0) is 18.1 Å². The average Bonchev–Trinajstić information content (AvgIpc) is 2.89. The average molecular weight is 390 g/mol. The van der Waals surface area contributed by atoms with Gasteiger partial charge in [0, 0.05) is 11.9 Å². The number of nitrogens with one attached hydrogen (secondary N) is 1. The van der Waals surface area contributed by atoms with Crippen LogP contribution in [-0.4, -0.2) is 32.1 Å². The molecule has 1 aromatic heterocycles. The Bertz CT molecular complexity index is 773. The van der Waals surface area contributed by atoms with Crippen LogP contribution in [0.5, 0.6) is 5.75 Å². The van der Waals surface area contributed by atoms with E-state index in [0.717, 1.165) is 11.3 Å². The van der Waals surface area contributed by atoms with Crippen LogP contribution in [0.25, 0.3) is 10.1 Å². The summed E-state index contributed by atoms with van der Waals surface area (Å²) in [5.41, 5.74) is 0. The van der Waals surface area contributed by atoms with Gasteiger partial charge in [-0.2, -0.15) is 0 Å². The van der Waals surface area contributed by atoms with Crippen molar-refractivity contribution in [1.29, 1.82) is 0 Å². The molecule has 0 bridgehead atoms. The van der Waals surface area contributed by atoms with Gasteiger partial charge in [-0.15, -0.1) is 11.3 Å². The monoisotopic (exact) mass is 389 g/mol. The number of carbonyl (C=O) groups excluding carboxylic acids is 2. The molecule has 0 aliphatic rings. The topological polar surface area (TPSA) is 64.6 Å². The van der Waals surface area contributed by atoms with Crippen molar-refractivity contribution < 1.29 is 19.1 Å². The third-order valence-electron chi connectivity index (χ3n) is 3.15. The Morgan fingerprint density at radius 1 is 1.25 bits per heavy atom. The van der Waals surface area contributed by atoms with Crippen LogP contribution < -0.4 is 10.1 Å². The minimum atomic E-state index is -0.657. The second-order valence-corrected chi connectivity index (χ2v) is 7.25. The van der Waals surface area contributed by atoms with Crippen molar-refractivity contribution in [2.75, 3.05) is 20.3 Å². The lowest BCUT2D eigenvalue weighted by molar-refractivity contribution is -0.124. The molecular weight excluding hydrogens is 373 g/mol. The number of thiophene rings is 1. The Hall–Kier alpha value is -1.50. The van der Waals surface area contributed by atoms with E-state index in [1.807, 2.05) is 13.8 Å². The molecule has 2 rings (SSSR count). The Labute approximate surface area is 153 Å². The van der Waals surface area contributed by atoms with Crippen molar-refractivity contribution in [1.82, 2.24) is 5.32 Å². The highest BCUT2D eigenvalue weighted by atomic mass is 35.5. The van der Waals surface area contributed by atoms with Gasteiger partial charge in [0.1, 0.15) is 15.6 Å². The van der Waals surface area contributed by atoms with E-state index >= 15 is 0 Å². The quantitative estimate of drug-likeness (QED) is 0.753. The predicted molar refractivity (Wildman–Crippen MR) is 96.5 cm³/mol. The number of rotatable bonds is 6. The fraction of sp³-hybridized carbons (Fsp3) is 0.375. The molecule has 5 nitrogen and oxygen atoms in total. The van der Waals surface area contributed by atoms with Gasteiger partial charge in [0.05, 0.1) is 16.8 Å². The number of esters is 1. The summed E-state index contributed by atoms with van der Waals surface area (Å²) in [5, 5.41) is 3.95. The van der Waals surface area contributed by atoms with Crippen LogP contribution in [0.15, 0.2) is 12.1 Å². The molecule has 8 heteroatoms. The number of amides is 1. The summed E-state index contributed by atoms with van der Waals surface area (Å²) in [4.78, 5) is 24.0. The van der Waals surface area contributed by atoms with E-state index in [1.165, 1.54) is 7.11 Å². The lowest BCUT2D eigenvalue weighted by Gasteiger charge is -2.07. The van der Waals surface area contributed by atoms with Crippen molar-refractivity contribution in [3.63, 3.8) is 0 Å². The molecule has 0 atom stereocenters. The number of carbonyl (C=O) groups is 2. The zero-order valence-electron chi connectivity index (χ0n) is 13.4.